The molecule has 1 atom stereocenters. The molecule has 0 aliphatic rings. The zero-order valence-electron chi connectivity index (χ0n) is 9.04. The van der Waals surface area contributed by atoms with Gasteiger partial charge in [-0.1, -0.05) is 18.2 Å². The molecule has 1 unspecified atom stereocenters. The quantitative estimate of drug-likeness (QED) is 0.781. The minimum atomic E-state index is -0.435. The minimum Gasteiger partial charge on any atom is -0.387 e. The summed E-state index contributed by atoms with van der Waals surface area (Å²) in [6, 6.07) is 12.0. The van der Waals surface area contributed by atoms with E-state index in [9.17, 15) is 5.11 Å². The molecule has 0 spiro atoms. The number of para-hydroxylation sites is 1. The number of thiazole rings is 1. The van der Waals surface area contributed by atoms with E-state index in [0.29, 0.717) is 6.42 Å². The van der Waals surface area contributed by atoms with Crippen molar-refractivity contribution in [2.75, 3.05) is 0 Å². The third-order valence-electron chi connectivity index (χ3n) is 2.58. The van der Waals surface area contributed by atoms with Crippen LogP contribution in [0.1, 0.15) is 16.0 Å². The molecule has 0 bridgehead atoms. The largest absolute Gasteiger partial charge is 0.387 e. The standard InChI is InChI=1S/C13H11NOS2/c15-10(12-6-3-7-16-12)8-13-14-9-4-1-2-5-11(9)17-13/h1-7,10,15H,8H2. The van der Waals surface area contributed by atoms with Gasteiger partial charge in [-0.3, -0.25) is 0 Å². The molecule has 1 N–H and O–H groups in total. The number of aliphatic hydroxyl groups is 1. The molecule has 2 nitrogen and oxygen atoms in total. The van der Waals surface area contributed by atoms with Crippen molar-refractivity contribution < 1.29 is 5.11 Å². The van der Waals surface area contributed by atoms with Gasteiger partial charge in [0.2, 0.25) is 0 Å². The SMILES string of the molecule is OC(Cc1nc2ccccc2s1)c1cccs1. The van der Waals surface area contributed by atoms with Gasteiger partial charge < -0.3 is 5.11 Å². The number of rotatable bonds is 3. The fourth-order valence-electron chi connectivity index (χ4n) is 1.75. The van der Waals surface area contributed by atoms with Gasteiger partial charge >= 0.3 is 0 Å². The van der Waals surface area contributed by atoms with Crippen molar-refractivity contribution in [3.63, 3.8) is 0 Å². The molecular weight excluding hydrogens is 250 g/mol. The van der Waals surface area contributed by atoms with E-state index in [0.717, 1.165) is 15.4 Å². The number of thiophene rings is 1. The Morgan fingerprint density at radius 1 is 1.18 bits per heavy atom. The summed E-state index contributed by atoms with van der Waals surface area (Å²) in [4.78, 5) is 5.53. The van der Waals surface area contributed by atoms with Crippen molar-refractivity contribution in [3.05, 3.63) is 51.7 Å². The van der Waals surface area contributed by atoms with Crippen LogP contribution in [0.15, 0.2) is 41.8 Å². The molecule has 3 aromatic rings. The Balaban J connectivity index is 1.85. The molecular formula is C13H11NOS2. The maximum absolute atomic E-state index is 10.1. The first-order chi connectivity index (χ1) is 8.33. The van der Waals surface area contributed by atoms with Crippen LogP contribution in [-0.2, 0) is 6.42 Å². The van der Waals surface area contributed by atoms with Crippen molar-refractivity contribution in [2.24, 2.45) is 0 Å². The van der Waals surface area contributed by atoms with Crippen LogP contribution in [0.4, 0.5) is 0 Å². The number of aliphatic hydroxyl groups excluding tert-OH is 1. The van der Waals surface area contributed by atoms with Gasteiger partial charge in [-0.05, 0) is 23.6 Å². The van der Waals surface area contributed by atoms with E-state index in [1.54, 1.807) is 22.7 Å². The van der Waals surface area contributed by atoms with Gasteiger partial charge in [0.25, 0.3) is 0 Å². The second kappa shape index (κ2) is 4.56. The monoisotopic (exact) mass is 261 g/mol. The van der Waals surface area contributed by atoms with Crippen molar-refractivity contribution in [2.45, 2.75) is 12.5 Å². The molecule has 1 aromatic carbocycles. The van der Waals surface area contributed by atoms with E-state index >= 15 is 0 Å². The molecule has 0 amide bonds. The molecule has 86 valence electrons. The zero-order valence-corrected chi connectivity index (χ0v) is 10.7. The van der Waals surface area contributed by atoms with Gasteiger partial charge in [0, 0.05) is 11.3 Å². The van der Waals surface area contributed by atoms with Crippen molar-refractivity contribution in [1.82, 2.24) is 4.98 Å². The summed E-state index contributed by atoms with van der Waals surface area (Å²) >= 11 is 3.24. The van der Waals surface area contributed by atoms with Crippen LogP contribution in [0.3, 0.4) is 0 Å². The smallest absolute Gasteiger partial charge is 0.0968 e. The average Bonchev–Trinajstić information content (AvgIpc) is 2.97. The number of nitrogens with zero attached hydrogens (tertiary/aromatic N) is 1. The first kappa shape index (κ1) is 10.9. The van der Waals surface area contributed by atoms with Gasteiger partial charge in [-0.15, -0.1) is 22.7 Å². The predicted molar refractivity (Wildman–Crippen MR) is 72.6 cm³/mol. The van der Waals surface area contributed by atoms with Crippen LogP contribution < -0.4 is 0 Å². The number of hydrogen-bond acceptors (Lipinski definition) is 4. The van der Waals surface area contributed by atoms with Crippen molar-refractivity contribution in [1.29, 1.82) is 0 Å². The molecule has 0 radical (unpaired) electrons. The summed E-state index contributed by atoms with van der Waals surface area (Å²) in [6.07, 6.45) is 0.162. The summed E-state index contributed by atoms with van der Waals surface area (Å²) in [5.74, 6) is 0. The second-order valence-corrected chi connectivity index (χ2v) is 5.91. The Morgan fingerprint density at radius 3 is 2.82 bits per heavy atom. The van der Waals surface area contributed by atoms with Gasteiger partial charge in [0.05, 0.1) is 21.3 Å². The van der Waals surface area contributed by atoms with Crippen LogP contribution in [0.5, 0.6) is 0 Å². The third kappa shape index (κ3) is 2.24. The lowest BCUT2D eigenvalue weighted by atomic mass is 10.2. The van der Waals surface area contributed by atoms with E-state index < -0.39 is 6.10 Å². The lowest BCUT2D eigenvalue weighted by Crippen LogP contribution is -1.98. The van der Waals surface area contributed by atoms with E-state index in [2.05, 4.69) is 11.1 Å². The Hall–Kier alpha value is -1.23. The lowest BCUT2D eigenvalue weighted by molar-refractivity contribution is 0.182. The number of benzene rings is 1. The highest BCUT2D eigenvalue weighted by Crippen LogP contribution is 2.27. The predicted octanol–water partition coefficient (Wildman–Crippen LogP) is 3.63. The third-order valence-corrected chi connectivity index (χ3v) is 4.61. The highest BCUT2D eigenvalue weighted by molar-refractivity contribution is 7.18. The normalized spacial score (nSPS) is 13.0. The highest BCUT2D eigenvalue weighted by Gasteiger charge is 2.12. The zero-order chi connectivity index (χ0) is 11.7. The van der Waals surface area contributed by atoms with E-state index in [-0.39, 0.29) is 0 Å². The molecule has 4 heteroatoms. The fourth-order valence-corrected chi connectivity index (χ4v) is 3.47. The Labute approximate surface area is 107 Å². The van der Waals surface area contributed by atoms with Crippen LogP contribution in [0.25, 0.3) is 10.2 Å². The molecule has 0 saturated carbocycles. The summed E-state index contributed by atoms with van der Waals surface area (Å²) < 4.78 is 1.18. The summed E-state index contributed by atoms with van der Waals surface area (Å²) in [6.45, 7) is 0. The van der Waals surface area contributed by atoms with Crippen molar-refractivity contribution in [3.8, 4) is 0 Å². The molecule has 0 saturated heterocycles. The minimum absolute atomic E-state index is 0.435. The maximum atomic E-state index is 10.1. The number of aromatic nitrogens is 1. The van der Waals surface area contributed by atoms with Gasteiger partial charge in [0.15, 0.2) is 0 Å². The molecule has 2 aromatic heterocycles. The Kier molecular flexibility index (Phi) is 2.93. The second-order valence-electron chi connectivity index (χ2n) is 3.81. The Morgan fingerprint density at radius 2 is 2.06 bits per heavy atom. The highest BCUT2D eigenvalue weighted by atomic mass is 32.1. The molecule has 0 fully saturated rings. The molecule has 2 heterocycles. The van der Waals surface area contributed by atoms with Crippen molar-refractivity contribution >= 4 is 32.9 Å². The summed E-state index contributed by atoms with van der Waals surface area (Å²) in [5.41, 5.74) is 1.02. The van der Waals surface area contributed by atoms with Crippen LogP contribution >= 0.6 is 22.7 Å². The van der Waals surface area contributed by atoms with Crippen LogP contribution in [0.2, 0.25) is 0 Å². The Bertz CT molecular complexity index is 582. The summed E-state index contributed by atoms with van der Waals surface area (Å²) in [7, 11) is 0. The molecule has 17 heavy (non-hydrogen) atoms. The van der Waals surface area contributed by atoms with E-state index in [1.807, 2.05) is 35.7 Å². The van der Waals surface area contributed by atoms with Crippen LogP contribution in [0, 0.1) is 0 Å². The van der Waals surface area contributed by atoms with Gasteiger partial charge in [-0.25, -0.2) is 4.98 Å². The number of fused-ring (bicyclic) bond motifs is 1. The van der Waals surface area contributed by atoms with E-state index in [1.165, 1.54) is 4.70 Å². The average molecular weight is 261 g/mol. The fraction of sp³-hybridized carbons (Fsp3) is 0.154. The maximum Gasteiger partial charge on any atom is 0.0968 e. The van der Waals surface area contributed by atoms with Gasteiger partial charge in [0.1, 0.15) is 0 Å². The van der Waals surface area contributed by atoms with Crippen LogP contribution in [-0.4, -0.2) is 10.1 Å². The van der Waals surface area contributed by atoms with Gasteiger partial charge in [-0.2, -0.15) is 0 Å². The van der Waals surface area contributed by atoms with E-state index in [4.69, 9.17) is 0 Å². The first-order valence-electron chi connectivity index (χ1n) is 5.39. The summed E-state index contributed by atoms with van der Waals surface area (Å²) in [5, 5.41) is 13.0. The molecule has 3 rings (SSSR count). The molecule has 0 aliphatic heterocycles. The lowest BCUT2D eigenvalue weighted by Gasteiger charge is -2.04. The number of hydrogen-bond donors (Lipinski definition) is 1. The molecule has 0 aliphatic carbocycles. The first-order valence-corrected chi connectivity index (χ1v) is 7.08. The topological polar surface area (TPSA) is 33.1 Å².